The van der Waals surface area contributed by atoms with Gasteiger partial charge in [-0.25, -0.2) is 0 Å². The predicted molar refractivity (Wildman–Crippen MR) is 50.7 cm³/mol. The number of hydrogen-bond acceptors (Lipinski definition) is 4. The number of likely N-dealkylation sites (N-methyl/N-ethyl adjacent to an activating group) is 1. The van der Waals surface area contributed by atoms with Crippen molar-refractivity contribution in [3.05, 3.63) is 0 Å². The smallest absolute Gasteiger partial charge is 0.323 e. The minimum Gasteiger partial charge on any atom is -0.465 e. The summed E-state index contributed by atoms with van der Waals surface area (Å²) in [5.74, 6) is -0.0923. The quantitative estimate of drug-likeness (QED) is 0.636. The second-order valence-corrected chi connectivity index (χ2v) is 4.22. The van der Waals surface area contributed by atoms with Gasteiger partial charge < -0.3 is 9.84 Å². The van der Waals surface area contributed by atoms with Crippen LogP contribution in [0.3, 0.4) is 0 Å². The first-order valence-electron chi connectivity index (χ1n) is 5.21. The highest BCUT2D eigenvalue weighted by molar-refractivity contribution is 5.77. The summed E-state index contributed by atoms with van der Waals surface area (Å²) in [5, 5.41) is 9.69. The van der Waals surface area contributed by atoms with Crippen LogP contribution in [-0.2, 0) is 9.53 Å². The molecule has 0 aromatic carbocycles. The van der Waals surface area contributed by atoms with E-state index in [1.54, 1.807) is 0 Å². The van der Waals surface area contributed by atoms with Crippen LogP contribution in [0.25, 0.3) is 0 Å². The summed E-state index contributed by atoms with van der Waals surface area (Å²) in [6, 6.07) is 0.146. The van der Waals surface area contributed by atoms with Crippen molar-refractivity contribution in [3.63, 3.8) is 0 Å². The number of carbonyl (C=O) groups is 1. The lowest BCUT2D eigenvalue weighted by Crippen LogP contribution is -2.48. The van der Waals surface area contributed by atoms with E-state index in [9.17, 15) is 9.90 Å². The van der Waals surface area contributed by atoms with Crippen molar-refractivity contribution in [1.29, 1.82) is 0 Å². The first-order valence-corrected chi connectivity index (χ1v) is 5.21. The van der Waals surface area contributed by atoms with Crippen molar-refractivity contribution < 1.29 is 14.6 Å². The van der Waals surface area contributed by atoms with Gasteiger partial charge >= 0.3 is 5.97 Å². The van der Waals surface area contributed by atoms with Gasteiger partial charge in [-0.05, 0) is 26.8 Å². The van der Waals surface area contributed by atoms with Crippen LogP contribution < -0.4 is 0 Å². The third-order valence-electron chi connectivity index (χ3n) is 3.50. The second kappa shape index (κ2) is 3.51. The van der Waals surface area contributed by atoms with E-state index in [0.717, 1.165) is 12.8 Å². The van der Waals surface area contributed by atoms with Crippen LogP contribution in [0.1, 0.15) is 19.8 Å². The summed E-state index contributed by atoms with van der Waals surface area (Å²) >= 11 is 0. The summed E-state index contributed by atoms with van der Waals surface area (Å²) in [5.41, 5.74) is 0. The van der Waals surface area contributed by atoms with Crippen LogP contribution in [0, 0.1) is 5.92 Å². The molecule has 2 fully saturated rings. The van der Waals surface area contributed by atoms with Crippen LogP contribution in [0.2, 0.25) is 0 Å². The largest absolute Gasteiger partial charge is 0.465 e. The molecule has 0 aromatic rings. The summed E-state index contributed by atoms with van der Waals surface area (Å²) in [6.07, 6.45) is 1.42. The highest BCUT2D eigenvalue weighted by Gasteiger charge is 2.52. The topological polar surface area (TPSA) is 49.8 Å². The first kappa shape index (κ1) is 9.93. The lowest BCUT2D eigenvalue weighted by atomic mass is 9.96. The number of carbonyl (C=O) groups excluding carboxylic acids is 1. The maximum Gasteiger partial charge on any atom is 0.323 e. The van der Waals surface area contributed by atoms with Gasteiger partial charge in [0.1, 0.15) is 6.04 Å². The van der Waals surface area contributed by atoms with Gasteiger partial charge in [0.05, 0.1) is 12.7 Å². The van der Waals surface area contributed by atoms with E-state index in [2.05, 4.69) is 4.90 Å². The minimum absolute atomic E-state index is 0.0871. The Bertz CT molecular complexity index is 244. The van der Waals surface area contributed by atoms with Gasteiger partial charge in [0.2, 0.25) is 0 Å². The summed E-state index contributed by atoms with van der Waals surface area (Å²) in [7, 11) is 1.94. The average Bonchev–Trinajstić information content (AvgIpc) is 2.61. The molecule has 1 aliphatic heterocycles. The zero-order valence-electron chi connectivity index (χ0n) is 8.64. The van der Waals surface area contributed by atoms with E-state index in [1.165, 1.54) is 0 Å². The number of hydrogen-bond donors (Lipinski definition) is 1. The number of esters is 1. The molecule has 0 amide bonds. The number of rotatable bonds is 2. The van der Waals surface area contributed by atoms with Crippen LogP contribution in [0.5, 0.6) is 0 Å². The van der Waals surface area contributed by atoms with Gasteiger partial charge in [0, 0.05) is 12.0 Å². The third-order valence-corrected chi connectivity index (χ3v) is 3.50. The molecule has 2 bridgehead atoms. The van der Waals surface area contributed by atoms with E-state index in [4.69, 9.17) is 4.74 Å². The monoisotopic (exact) mass is 199 g/mol. The number of piperidine rings is 1. The molecule has 1 saturated heterocycles. The molecule has 1 aliphatic carbocycles. The van der Waals surface area contributed by atoms with Gasteiger partial charge in [0.25, 0.3) is 0 Å². The van der Waals surface area contributed by atoms with Crippen LogP contribution in [0.4, 0.5) is 0 Å². The fraction of sp³-hybridized carbons (Fsp3) is 0.900. The SMILES string of the molecule is CCOC(=O)[C@@H]1[C@@H]2CC(C[C@H]2O)N1C. The maximum absolute atomic E-state index is 11.6. The molecular weight excluding hydrogens is 182 g/mol. The second-order valence-electron chi connectivity index (χ2n) is 4.22. The molecule has 0 aromatic heterocycles. The average molecular weight is 199 g/mol. The summed E-state index contributed by atoms with van der Waals surface area (Å²) in [6.45, 7) is 2.22. The molecule has 1 unspecified atom stereocenters. The number of aliphatic hydroxyl groups excluding tert-OH is 1. The van der Waals surface area contributed by atoms with Crippen molar-refractivity contribution >= 4 is 5.97 Å². The van der Waals surface area contributed by atoms with Crippen molar-refractivity contribution in [2.75, 3.05) is 13.7 Å². The van der Waals surface area contributed by atoms with Gasteiger partial charge in [-0.1, -0.05) is 0 Å². The van der Waals surface area contributed by atoms with Gasteiger partial charge in [-0.2, -0.15) is 0 Å². The fourth-order valence-corrected chi connectivity index (χ4v) is 2.79. The number of aliphatic hydroxyl groups is 1. The Hall–Kier alpha value is -0.610. The molecule has 0 radical (unpaired) electrons. The Balaban J connectivity index is 2.08. The number of likely N-dealkylation sites (tertiary alicyclic amines) is 1. The summed E-state index contributed by atoms with van der Waals surface area (Å²) < 4.78 is 5.01. The van der Waals surface area contributed by atoms with Crippen molar-refractivity contribution in [2.24, 2.45) is 5.92 Å². The van der Waals surface area contributed by atoms with Crippen molar-refractivity contribution in [1.82, 2.24) is 4.90 Å². The summed E-state index contributed by atoms with van der Waals surface area (Å²) in [4.78, 5) is 13.7. The number of fused-ring (bicyclic) bond motifs is 2. The highest BCUT2D eigenvalue weighted by atomic mass is 16.5. The van der Waals surface area contributed by atoms with Crippen LogP contribution in [0.15, 0.2) is 0 Å². The van der Waals surface area contributed by atoms with Crippen molar-refractivity contribution in [2.45, 2.75) is 38.0 Å². The van der Waals surface area contributed by atoms with E-state index < -0.39 is 0 Å². The highest BCUT2D eigenvalue weighted by Crippen LogP contribution is 2.41. The molecule has 80 valence electrons. The van der Waals surface area contributed by atoms with Gasteiger partial charge in [-0.15, -0.1) is 0 Å². The van der Waals surface area contributed by atoms with E-state index in [-0.39, 0.29) is 24.0 Å². The third kappa shape index (κ3) is 1.33. The zero-order valence-corrected chi connectivity index (χ0v) is 8.64. The standard InChI is InChI=1S/C10H17NO3/c1-3-14-10(13)9-7-4-6(11(9)2)5-8(7)12/h6-9,12H,3-5H2,1-2H3/t6?,7-,8-,9+/m1/s1. The molecular formula is C10H17NO3. The van der Waals surface area contributed by atoms with Gasteiger partial charge in [0.15, 0.2) is 0 Å². The Labute approximate surface area is 83.8 Å². The molecule has 4 nitrogen and oxygen atoms in total. The molecule has 2 aliphatic rings. The molecule has 0 spiro atoms. The normalized spacial score (nSPS) is 41.6. The Morgan fingerprint density at radius 2 is 2.29 bits per heavy atom. The molecule has 1 N–H and O–H groups in total. The number of ether oxygens (including phenoxy) is 1. The van der Waals surface area contributed by atoms with E-state index >= 15 is 0 Å². The Kier molecular flexibility index (Phi) is 2.49. The predicted octanol–water partition coefficient (Wildman–Crippen LogP) is 0.00300. The van der Waals surface area contributed by atoms with E-state index in [0.29, 0.717) is 12.6 Å². The first-order chi connectivity index (χ1) is 6.65. The Morgan fingerprint density at radius 1 is 1.57 bits per heavy atom. The van der Waals surface area contributed by atoms with Crippen molar-refractivity contribution in [3.8, 4) is 0 Å². The van der Waals surface area contributed by atoms with Gasteiger partial charge in [-0.3, -0.25) is 9.69 Å². The Morgan fingerprint density at radius 3 is 2.86 bits per heavy atom. The zero-order chi connectivity index (χ0) is 10.3. The lowest BCUT2D eigenvalue weighted by molar-refractivity contribution is -0.152. The minimum atomic E-state index is -0.314. The maximum atomic E-state index is 11.6. The van der Waals surface area contributed by atoms with Crippen LogP contribution in [-0.4, -0.2) is 47.8 Å². The molecule has 4 atom stereocenters. The fourth-order valence-electron chi connectivity index (χ4n) is 2.79. The van der Waals surface area contributed by atoms with Crippen LogP contribution >= 0.6 is 0 Å². The molecule has 2 rings (SSSR count). The molecule has 1 saturated carbocycles. The number of nitrogens with zero attached hydrogens (tertiary/aromatic N) is 1. The molecule has 1 heterocycles. The van der Waals surface area contributed by atoms with E-state index in [1.807, 2.05) is 14.0 Å². The molecule has 14 heavy (non-hydrogen) atoms. The lowest BCUT2D eigenvalue weighted by Gasteiger charge is -2.32. The molecule has 4 heteroatoms.